The van der Waals surface area contributed by atoms with Crippen LogP contribution in [0.25, 0.3) is 0 Å². The smallest absolute Gasteiger partial charge is 0.202 e. The quantitative estimate of drug-likeness (QED) is 0.721. The lowest BCUT2D eigenvalue weighted by Crippen LogP contribution is -2.49. The van der Waals surface area contributed by atoms with Crippen LogP contribution in [0.5, 0.6) is 5.75 Å². The first-order chi connectivity index (χ1) is 11.2. The molecular weight excluding hydrogens is 304 g/mol. The van der Waals surface area contributed by atoms with Gasteiger partial charge in [-0.2, -0.15) is 0 Å². The Hall–Kier alpha value is -1.94. The van der Waals surface area contributed by atoms with Crippen LogP contribution in [0, 0.1) is 0 Å². The minimum atomic E-state index is -0.436. The van der Waals surface area contributed by atoms with Crippen LogP contribution < -0.4 is 4.74 Å². The fourth-order valence-electron chi connectivity index (χ4n) is 3.81. The number of para-hydroxylation sites is 1. The molecule has 0 amide bonds. The molecule has 2 aromatic rings. The molecule has 4 heteroatoms. The Morgan fingerprint density at radius 1 is 1.13 bits per heavy atom. The lowest BCUT2D eigenvalue weighted by Gasteiger charge is -2.47. The molecule has 2 atom stereocenters. The molecule has 0 unspecified atom stereocenters. The van der Waals surface area contributed by atoms with Gasteiger partial charge in [0.15, 0.2) is 5.17 Å². The van der Waals surface area contributed by atoms with Gasteiger partial charge in [-0.1, -0.05) is 54.2 Å². The van der Waals surface area contributed by atoms with Crippen molar-refractivity contribution in [2.24, 2.45) is 4.99 Å². The van der Waals surface area contributed by atoms with Gasteiger partial charge >= 0.3 is 0 Å². The van der Waals surface area contributed by atoms with Crippen molar-refractivity contribution in [2.75, 3.05) is 0 Å². The average Bonchev–Trinajstić information content (AvgIpc) is 2.74. The van der Waals surface area contributed by atoms with Gasteiger partial charge in [0.05, 0.1) is 6.04 Å². The first kappa shape index (κ1) is 13.5. The summed E-state index contributed by atoms with van der Waals surface area (Å²) in [6, 6.07) is 17.5. The Morgan fingerprint density at radius 3 is 2.83 bits per heavy atom. The van der Waals surface area contributed by atoms with Crippen LogP contribution in [0.4, 0.5) is 0 Å². The number of ether oxygens (including phenoxy) is 1. The summed E-state index contributed by atoms with van der Waals surface area (Å²) in [4.78, 5) is 7.45. The molecule has 0 spiro atoms. The van der Waals surface area contributed by atoms with E-state index in [0.29, 0.717) is 6.04 Å². The molecule has 3 heterocycles. The average molecular weight is 322 g/mol. The second-order valence-electron chi connectivity index (χ2n) is 6.61. The number of nitrogens with zero attached hydrogens (tertiary/aromatic N) is 2. The number of hydrogen-bond donors (Lipinski definition) is 0. The molecule has 0 radical (unpaired) electrons. The number of amidine groups is 1. The van der Waals surface area contributed by atoms with E-state index in [4.69, 9.17) is 9.73 Å². The zero-order valence-electron chi connectivity index (χ0n) is 13.0. The summed E-state index contributed by atoms with van der Waals surface area (Å²) in [6.45, 7) is 3.04. The second-order valence-corrected chi connectivity index (χ2v) is 7.56. The first-order valence-electron chi connectivity index (χ1n) is 8.06. The number of benzene rings is 2. The second kappa shape index (κ2) is 4.78. The van der Waals surface area contributed by atoms with Crippen LogP contribution in [0.3, 0.4) is 0 Å². The molecule has 2 bridgehead atoms. The number of hydrogen-bond acceptors (Lipinski definition) is 4. The largest absolute Gasteiger partial charge is 0.466 e. The fourth-order valence-corrected chi connectivity index (χ4v) is 5.00. The lowest BCUT2D eigenvalue weighted by molar-refractivity contribution is 0.0233. The highest BCUT2D eigenvalue weighted by Gasteiger charge is 2.45. The normalized spacial score (nSPS) is 27.8. The minimum absolute atomic E-state index is 0.344. The Morgan fingerprint density at radius 2 is 1.91 bits per heavy atom. The zero-order chi connectivity index (χ0) is 15.4. The molecule has 3 nitrogen and oxygen atoms in total. The number of rotatable bonds is 0. The van der Waals surface area contributed by atoms with Crippen molar-refractivity contribution in [1.82, 2.24) is 4.90 Å². The molecule has 2 aromatic carbocycles. The van der Waals surface area contributed by atoms with E-state index in [-0.39, 0.29) is 0 Å². The monoisotopic (exact) mass is 322 g/mol. The maximum atomic E-state index is 6.23. The van der Waals surface area contributed by atoms with Gasteiger partial charge in [0.1, 0.15) is 5.75 Å². The molecule has 116 valence electrons. The fraction of sp³-hybridized carbons (Fsp3) is 0.316. The van der Waals surface area contributed by atoms with Crippen LogP contribution in [0.15, 0.2) is 53.5 Å². The van der Waals surface area contributed by atoms with E-state index >= 15 is 0 Å². The van der Waals surface area contributed by atoms with Crippen LogP contribution >= 0.6 is 11.8 Å². The maximum Gasteiger partial charge on any atom is 0.202 e. The predicted octanol–water partition coefficient (Wildman–Crippen LogP) is 4.35. The van der Waals surface area contributed by atoms with E-state index in [9.17, 15) is 0 Å². The van der Waals surface area contributed by atoms with Crippen LogP contribution in [-0.2, 0) is 12.3 Å². The molecule has 23 heavy (non-hydrogen) atoms. The van der Waals surface area contributed by atoms with E-state index in [2.05, 4.69) is 54.3 Å². The van der Waals surface area contributed by atoms with E-state index < -0.39 is 5.72 Å². The standard InChI is InChI=1S/C19H18N2OS/c1-19-10-16(15-8-4-5-9-17(15)22-19)21-11-13-6-2-3-7-14(13)12-23-18(21)20-19/h2-9,16H,10-12H2,1H3/t16-,19-/m0/s1. The van der Waals surface area contributed by atoms with E-state index in [1.165, 1.54) is 16.7 Å². The summed E-state index contributed by atoms with van der Waals surface area (Å²) >= 11 is 1.84. The van der Waals surface area contributed by atoms with Gasteiger partial charge in [-0.05, 0) is 24.1 Å². The highest BCUT2D eigenvalue weighted by Crippen LogP contribution is 2.48. The van der Waals surface area contributed by atoms with E-state index in [1.54, 1.807) is 0 Å². The Bertz CT molecular complexity index is 819. The van der Waals surface area contributed by atoms with E-state index in [0.717, 1.165) is 29.6 Å². The lowest BCUT2D eigenvalue weighted by atomic mass is 9.91. The zero-order valence-corrected chi connectivity index (χ0v) is 13.8. The SMILES string of the molecule is C[C@@]12C[C@@H](c3ccccc3O1)N1Cc3ccccc3CSC1=N2. The molecule has 0 fully saturated rings. The minimum Gasteiger partial charge on any atom is -0.466 e. The third kappa shape index (κ3) is 2.08. The number of thioether (sulfide) groups is 1. The van der Waals surface area contributed by atoms with Crippen molar-refractivity contribution in [3.05, 3.63) is 65.2 Å². The highest BCUT2D eigenvalue weighted by atomic mass is 32.2. The van der Waals surface area contributed by atoms with Crippen LogP contribution in [-0.4, -0.2) is 15.8 Å². The summed E-state index contributed by atoms with van der Waals surface area (Å²) in [7, 11) is 0. The van der Waals surface area contributed by atoms with Gasteiger partial charge in [0.2, 0.25) is 5.72 Å². The molecule has 0 saturated heterocycles. The van der Waals surface area contributed by atoms with Crippen molar-refractivity contribution >= 4 is 16.9 Å². The maximum absolute atomic E-state index is 6.23. The van der Waals surface area contributed by atoms with Gasteiger partial charge in [0, 0.05) is 24.3 Å². The molecular formula is C19H18N2OS. The summed E-state index contributed by atoms with van der Waals surface area (Å²) in [5.74, 6) is 1.97. The Balaban J connectivity index is 1.65. The topological polar surface area (TPSA) is 24.8 Å². The molecule has 0 aliphatic carbocycles. The third-order valence-corrected chi connectivity index (χ3v) is 5.99. The van der Waals surface area contributed by atoms with Crippen LogP contribution in [0.2, 0.25) is 0 Å². The third-order valence-electron chi connectivity index (χ3n) is 4.95. The first-order valence-corrected chi connectivity index (χ1v) is 9.04. The summed E-state index contributed by atoms with van der Waals surface area (Å²) in [5.41, 5.74) is 3.69. The Kier molecular flexibility index (Phi) is 2.80. The van der Waals surface area contributed by atoms with Crippen molar-refractivity contribution in [1.29, 1.82) is 0 Å². The highest BCUT2D eigenvalue weighted by molar-refractivity contribution is 8.13. The molecule has 0 aromatic heterocycles. The molecule has 0 N–H and O–H groups in total. The van der Waals surface area contributed by atoms with Crippen molar-refractivity contribution in [3.63, 3.8) is 0 Å². The molecule has 3 aliphatic rings. The summed E-state index contributed by atoms with van der Waals surface area (Å²) < 4.78 is 6.23. The van der Waals surface area contributed by atoms with Crippen molar-refractivity contribution in [3.8, 4) is 5.75 Å². The van der Waals surface area contributed by atoms with Gasteiger partial charge in [-0.3, -0.25) is 0 Å². The van der Waals surface area contributed by atoms with Gasteiger partial charge in [-0.25, -0.2) is 4.99 Å². The van der Waals surface area contributed by atoms with Gasteiger partial charge in [0.25, 0.3) is 0 Å². The summed E-state index contributed by atoms with van der Waals surface area (Å²) in [5, 5.41) is 1.12. The van der Waals surface area contributed by atoms with Crippen LogP contribution in [0.1, 0.15) is 36.1 Å². The Labute approximate surface area is 140 Å². The van der Waals surface area contributed by atoms with Crippen molar-refractivity contribution < 1.29 is 4.74 Å². The van der Waals surface area contributed by atoms with Crippen molar-refractivity contribution in [2.45, 2.75) is 37.4 Å². The molecule has 0 saturated carbocycles. The predicted molar refractivity (Wildman–Crippen MR) is 93.5 cm³/mol. The number of fused-ring (bicyclic) bond motifs is 7. The summed E-state index contributed by atoms with van der Waals surface area (Å²) in [6.07, 6.45) is 0.913. The number of aliphatic imine (C=N–C) groups is 1. The molecule has 5 rings (SSSR count). The van der Waals surface area contributed by atoms with E-state index in [1.807, 2.05) is 17.8 Å². The molecule has 3 aliphatic heterocycles. The van der Waals surface area contributed by atoms with Gasteiger partial charge < -0.3 is 9.64 Å². The van der Waals surface area contributed by atoms with Gasteiger partial charge in [-0.15, -0.1) is 0 Å².